The molecule has 0 aromatic carbocycles. The van der Waals surface area contributed by atoms with E-state index >= 15 is 0 Å². The number of carbonyl (C=O) groups is 1. The van der Waals surface area contributed by atoms with Crippen molar-refractivity contribution in [3.05, 3.63) is 13.8 Å². The summed E-state index contributed by atoms with van der Waals surface area (Å²) in [5, 5.41) is 6.89. The maximum absolute atomic E-state index is 8.36. The Balaban J connectivity index is -0.0000000389. The Morgan fingerprint density at radius 1 is 1.17 bits per heavy atom. The maximum Gasteiger partial charge on any atom is 2.00 e. The third-order valence-corrected chi connectivity index (χ3v) is 0.707. The molecule has 1 N–H and O–H groups in total. The Morgan fingerprint density at radius 3 is 1.25 bits per heavy atom. The summed E-state index contributed by atoms with van der Waals surface area (Å²) in [6, 6.07) is 0. The number of carboxylic acid groups (broad SMARTS) is 1. The molecule has 0 aliphatic heterocycles. The van der Waals surface area contributed by atoms with Gasteiger partial charge < -0.3 is 19.0 Å². The molecule has 3 heteroatoms. The topological polar surface area (TPSA) is 37.3 Å². The Kier molecular flexibility index (Phi) is 81.5. The van der Waals surface area contributed by atoms with Gasteiger partial charge in [0.1, 0.15) is 0 Å². The smallest absolute Gasteiger partial charge is 0.483 e. The second-order valence-corrected chi connectivity index (χ2v) is 1.81. The van der Waals surface area contributed by atoms with Crippen LogP contribution in [0.1, 0.15) is 39.5 Å². The zero-order valence-electron chi connectivity index (χ0n) is 8.38. The van der Waals surface area contributed by atoms with E-state index in [9.17, 15) is 0 Å². The van der Waals surface area contributed by atoms with E-state index < -0.39 is 0 Å². The van der Waals surface area contributed by atoms with E-state index in [1.54, 1.807) is 0 Å². The molecule has 0 radical (unpaired) electrons. The summed E-state index contributed by atoms with van der Waals surface area (Å²) in [6.45, 7) is 11.2. The molecule has 0 saturated heterocycles. The van der Waals surface area contributed by atoms with Crippen LogP contribution in [0.25, 0.3) is 0 Å². The van der Waals surface area contributed by atoms with Gasteiger partial charge in [0, 0.05) is 0 Å². The van der Waals surface area contributed by atoms with Gasteiger partial charge in [0.25, 0.3) is 6.47 Å². The molecule has 0 aliphatic carbocycles. The van der Waals surface area contributed by atoms with Gasteiger partial charge in [-0.15, -0.1) is 0 Å². The summed E-state index contributed by atoms with van der Waals surface area (Å²) in [5.74, 6) is 0. The molecule has 0 spiro atoms. The van der Waals surface area contributed by atoms with Crippen molar-refractivity contribution in [2.75, 3.05) is 0 Å². The summed E-state index contributed by atoms with van der Waals surface area (Å²) in [4.78, 5) is 8.36. The Bertz CT molecular complexity index is 41.8. The first-order valence-electron chi connectivity index (χ1n) is 3.91. The molecule has 12 heavy (non-hydrogen) atoms. The van der Waals surface area contributed by atoms with Crippen LogP contribution in [0.2, 0.25) is 0 Å². The van der Waals surface area contributed by atoms with Crippen molar-refractivity contribution < 1.29 is 9.90 Å². The van der Waals surface area contributed by atoms with Crippen molar-refractivity contribution in [2.45, 2.75) is 39.5 Å². The number of unbranched alkanes of at least 4 members (excludes halogenated alkanes) is 2. The minimum Gasteiger partial charge on any atom is -0.483 e. The van der Waals surface area contributed by atoms with Gasteiger partial charge in [-0.2, -0.15) is 12.8 Å². The van der Waals surface area contributed by atoms with Crippen molar-refractivity contribution in [3.8, 4) is 0 Å². The first kappa shape index (κ1) is 22.8. The summed E-state index contributed by atoms with van der Waals surface area (Å²) in [5.41, 5.74) is 0. The molecular weight excluding hydrogens is 164 g/mol. The molecular formula is C9H20MgO2. The minimum absolute atomic E-state index is 0. The molecule has 2 nitrogen and oxygen atoms in total. The molecule has 0 bridgehead atoms. The number of hydrogen-bond acceptors (Lipinski definition) is 1. The van der Waals surface area contributed by atoms with E-state index in [0.29, 0.717) is 0 Å². The van der Waals surface area contributed by atoms with Gasteiger partial charge in [-0.05, 0) is 0 Å². The summed E-state index contributed by atoms with van der Waals surface area (Å²) >= 11 is 0. The van der Waals surface area contributed by atoms with Crippen LogP contribution in [0.4, 0.5) is 0 Å². The average Bonchev–Trinajstić information content (AvgIpc) is 2.06. The van der Waals surface area contributed by atoms with Crippen LogP contribution in [0.5, 0.6) is 0 Å². The molecule has 0 aromatic heterocycles. The second kappa shape index (κ2) is 42.9. The predicted molar refractivity (Wildman–Crippen MR) is 55.0 cm³/mol. The fourth-order valence-electron chi connectivity index (χ4n) is 0. The molecule has 0 atom stereocenters. The molecule has 0 amide bonds. The normalized spacial score (nSPS) is 6.00. The monoisotopic (exact) mass is 184 g/mol. The van der Waals surface area contributed by atoms with Crippen molar-refractivity contribution >= 4 is 29.5 Å². The van der Waals surface area contributed by atoms with E-state index in [1.807, 2.05) is 0 Å². The SMILES string of the molecule is O=CO.[CH2-]CCC.[CH2-]CCC.[Mg+2]. The van der Waals surface area contributed by atoms with Crippen LogP contribution in [0.15, 0.2) is 0 Å². The molecule has 0 aromatic rings. The van der Waals surface area contributed by atoms with Crippen molar-refractivity contribution in [2.24, 2.45) is 0 Å². The maximum atomic E-state index is 8.36. The van der Waals surface area contributed by atoms with Crippen LogP contribution in [0.3, 0.4) is 0 Å². The molecule has 0 rings (SSSR count). The predicted octanol–water partition coefficient (Wildman–Crippen LogP) is 2.56. The zero-order chi connectivity index (χ0) is 9.54. The molecule has 70 valence electrons. The van der Waals surface area contributed by atoms with E-state index in [2.05, 4.69) is 27.7 Å². The van der Waals surface area contributed by atoms with Crippen LogP contribution < -0.4 is 0 Å². The number of hydrogen-bond donors (Lipinski definition) is 1. The summed E-state index contributed by atoms with van der Waals surface area (Å²) in [7, 11) is 0. The van der Waals surface area contributed by atoms with Gasteiger partial charge in [0.2, 0.25) is 0 Å². The van der Waals surface area contributed by atoms with Crippen molar-refractivity contribution in [1.29, 1.82) is 0 Å². The number of rotatable bonds is 2. The largest absolute Gasteiger partial charge is 2.00 e. The van der Waals surface area contributed by atoms with Crippen LogP contribution in [0, 0.1) is 13.8 Å². The van der Waals surface area contributed by atoms with E-state index in [0.717, 1.165) is 12.8 Å². The zero-order valence-corrected chi connectivity index (χ0v) is 9.80. The summed E-state index contributed by atoms with van der Waals surface area (Å²) < 4.78 is 0. The third-order valence-electron chi connectivity index (χ3n) is 0.707. The second-order valence-electron chi connectivity index (χ2n) is 1.81. The Labute approximate surface area is 92.9 Å². The molecule has 0 fully saturated rings. The first-order valence-corrected chi connectivity index (χ1v) is 3.91. The van der Waals surface area contributed by atoms with Gasteiger partial charge in [-0.25, -0.2) is 0 Å². The minimum atomic E-state index is -0.250. The molecule has 0 saturated carbocycles. The first-order chi connectivity index (χ1) is 5.24. The van der Waals surface area contributed by atoms with Gasteiger partial charge in [-0.3, -0.25) is 4.79 Å². The quantitative estimate of drug-likeness (QED) is 0.407. The van der Waals surface area contributed by atoms with Gasteiger partial charge in [-0.1, -0.05) is 26.7 Å². The summed E-state index contributed by atoms with van der Waals surface area (Å²) in [6.07, 6.45) is 4.56. The fraction of sp³-hybridized carbons (Fsp3) is 0.667. The fourth-order valence-corrected chi connectivity index (χ4v) is 0. The van der Waals surface area contributed by atoms with Gasteiger partial charge in [0.15, 0.2) is 0 Å². The standard InChI is InChI=1S/2C4H9.CH2O2.Mg/c2*1-3-4-2;2-1-3;/h2*1,3-4H2,2H3;1H,(H,2,3);/q2*-1;;+2. The van der Waals surface area contributed by atoms with Crippen molar-refractivity contribution in [1.82, 2.24) is 0 Å². The van der Waals surface area contributed by atoms with Crippen molar-refractivity contribution in [3.63, 3.8) is 0 Å². The Morgan fingerprint density at radius 2 is 1.25 bits per heavy atom. The molecule has 0 unspecified atom stereocenters. The third kappa shape index (κ3) is 175. The Hall–Kier alpha value is 0.236. The van der Waals surface area contributed by atoms with E-state index in [1.165, 1.54) is 12.8 Å². The van der Waals surface area contributed by atoms with Crippen LogP contribution >= 0.6 is 0 Å². The van der Waals surface area contributed by atoms with Crippen LogP contribution in [-0.2, 0) is 4.79 Å². The van der Waals surface area contributed by atoms with E-state index in [4.69, 9.17) is 9.90 Å². The molecule has 0 aliphatic rings. The van der Waals surface area contributed by atoms with E-state index in [-0.39, 0.29) is 29.5 Å². The van der Waals surface area contributed by atoms with Gasteiger partial charge in [0.05, 0.1) is 0 Å². The van der Waals surface area contributed by atoms with Crippen LogP contribution in [-0.4, -0.2) is 34.6 Å². The van der Waals surface area contributed by atoms with Gasteiger partial charge >= 0.3 is 23.1 Å². The molecule has 0 heterocycles. The average molecular weight is 185 g/mol.